The van der Waals surface area contributed by atoms with Crippen molar-refractivity contribution in [3.8, 4) is 0 Å². The Bertz CT molecular complexity index is 1150. The van der Waals surface area contributed by atoms with E-state index in [9.17, 15) is 14.4 Å². The number of likely N-dealkylation sites (tertiary alicyclic amines) is 1. The van der Waals surface area contributed by atoms with Crippen LogP contribution in [0, 0.1) is 5.41 Å². The van der Waals surface area contributed by atoms with Crippen molar-refractivity contribution in [3.63, 3.8) is 0 Å². The van der Waals surface area contributed by atoms with Crippen LogP contribution >= 0.6 is 11.9 Å². The Morgan fingerprint density at radius 2 is 1.72 bits per heavy atom. The molecule has 1 heterocycles. The second kappa shape index (κ2) is 14.0. The number of fused-ring (bicyclic) bond motifs is 1. The Morgan fingerprint density at radius 1 is 1.05 bits per heavy atom. The van der Waals surface area contributed by atoms with Crippen LogP contribution in [0.4, 0.5) is 5.69 Å². The number of nitrogens with two attached hydrogens (primary N) is 1. The second-order valence-electron chi connectivity index (χ2n) is 11.3. The lowest BCUT2D eigenvalue weighted by molar-refractivity contribution is -0.131. The Hall–Kier alpha value is -2.82. The predicted octanol–water partition coefficient (Wildman–Crippen LogP) is 3.41. The molecule has 39 heavy (non-hydrogen) atoms. The molecule has 0 bridgehead atoms. The van der Waals surface area contributed by atoms with Crippen LogP contribution in [0.3, 0.4) is 0 Å². The molecule has 214 valence electrons. The van der Waals surface area contributed by atoms with Crippen molar-refractivity contribution < 1.29 is 14.4 Å². The third kappa shape index (κ3) is 9.12. The molecule has 1 aliphatic rings. The van der Waals surface area contributed by atoms with Gasteiger partial charge >= 0.3 is 0 Å². The van der Waals surface area contributed by atoms with Gasteiger partial charge in [-0.25, -0.2) is 0 Å². The largest absolute Gasteiger partial charge is 0.354 e. The molecule has 2 atom stereocenters. The number of anilines is 1. The average Bonchev–Trinajstić information content (AvgIpc) is 3.41. The Labute approximate surface area is 236 Å². The van der Waals surface area contributed by atoms with Crippen LogP contribution < -0.4 is 21.1 Å². The molecule has 3 amide bonds. The summed E-state index contributed by atoms with van der Waals surface area (Å²) in [7, 11) is 0. The summed E-state index contributed by atoms with van der Waals surface area (Å²) in [5.41, 5.74) is 7.72. The zero-order chi connectivity index (χ0) is 28.6. The molecule has 0 aliphatic carbocycles. The monoisotopic (exact) mass is 556 g/mol. The lowest BCUT2D eigenvalue weighted by atomic mass is 9.97. The molecule has 5 N–H and O–H groups in total. The molecule has 3 rings (SSSR count). The minimum atomic E-state index is -0.916. The van der Waals surface area contributed by atoms with Crippen LogP contribution in [0.5, 0.6) is 0 Å². The number of nitrogens with one attached hydrogen (secondary N) is 3. The van der Waals surface area contributed by atoms with E-state index in [-0.39, 0.29) is 23.1 Å². The number of benzene rings is 2. The normalized spacial score (nSPS) is 15.5. The first-order valence-electron chi connectivity index (χ1n) is 13.7. The summed E-state index contributed by atoms with van der Waals surface area (Å²) < 4.78 is 3.29. The first-order chi connectivity index (χ1) is 18.5. The van der Waals surface area contributed by atoms with E-state index in [2.05, 4.69) is 20.3 Å². The van der Waals surface area contributed by atoms with E-state index < -0.39 is 11.4 Å². The molecule has 1 aliphatic heterocycles. The fourth-order valence-electron chi connectivity index (χ4n) is 4.53. The van der Waals surface area contributed by atoms with Gasteiger partial charge in [0, 0.05) is 44.4 Å². The van der Waals surface area contributed by atoms with Gasteiger partial charge in [-0.3, -0.25) is 14.4 Å². The van der Waals surface area contributed by atoms with Gasteiger partial charge in [-0.2, -0.15) is 0 Å². The molecule has 0 aromatic heterocycles. The molecule has 2 aromatic rings. The third-order valence-electron chi connectivity index (χ3n) is 6.77. The highest BCUT2D eigenvalue weighted by molar-refractivity contribution is 8.01. The van der Waals surface area contributed by atoms with E-state index in [1.54, 1.807) is 4.90 Å². The van der Waals surface area contributed by atoms with E-state index in [1.165, 1.54) is 31.7 Å². The van der Waals surface area contributed by atoms with Crippen LogP contribution in [0.2, 0.25) is 0 Å². The highest BCUT2D eigenvalue weighted by Crippen LogP contribution is 2.26. The molecular formula is C29H44N6O3S. The smallest absolute Gasteiger partial charge is 0.251 e. The minimum Gasteiger partial charge on any atom is -0.354 e. The van der Waals surface area contributed by atoms with Gasteiger partial charge in [-0.15, -0.1) is 0 Å². The maximum Gasteiger partial charge on any atom is 0.251 e. The molecule has 0 radical (unpaired) electrons. The van der Waals surface area contributed by atoms with Gasteiger partial charge in [0.15, 0.2) is 0 Å². The second-order valence-corrected chi connectivity index (χ2v) is 12.2. The number of hydrogen-bond donors (Lipinski definition) is 4. The van der Waals surface area contributed by atoms with Crippen LogP contribution in [0.25, 0.3) is 10.8 Å². The van der Waals surface area contributed by atoms with Crippen LogP contribution in [0.1, 0.15) is 57.8 Å². The summed E-state index contributed by atoms with van der Waals surface area (Å²) in [6.07, 6.45) is 2.48. The number of rotatable bonds is 12. The van der Waals surface area contributed by atoms with Gasteiger partial charge < -0.3 is 30.9 Å². The molecule has 10 heteroatoms. The van der Waals surface area contributed by atoms with Gasteiger partial charge in [-0.05, 0) is 85.3 Å². The van der Waals surface area contributed by atoms with Crippen molar-refractivity contribution in [2.45, 2.75) is 58.9 Å². The van der Waals surface area contributed by atoms with Gasteiger partial charge in [-0.1, -0.05) is 32.9 Å². The van der Waals surface area contributed by atoms with E-state index in [4.69, 9.17) is 5.73 Å². The minimum absolute atomic E-state index is 0.0701. The van der Waals surface area contributed by atoms with Crippen molar-refractivity contribution in [2.24, 2.45) is 11.1 Å². The number of hydrogen-bond acceptors (Lipinski definition) is 7. The SMILES string of the molecule is CCN(C(C)=O)C(SNc1ccc2cc(C(=O)NCCN3CCCC3)ccc2c1)[C@H](N)C(=O)NCC(C)(C)C. The van der Waals surface area contributed by atoms with Crippen molar-refractivity contribution in [1.82, 2.24) is 20.4 Å². The molecule has 1 unspecified atom stereocenters. The quantitative estimate of drug-likeness (QED) is 0.234. The first kappa shape index (κ1) is 30.7. The highest BCUT2D eigenvalue weighted by Gasteiger charge is 2.32. The Balaban J connectivity index is 1.65. The van der Waals surface area contributed by atoms with Gasteiger partial charge in [0.2, 0.25) is 11.8 Å². The van der Waals surface area contributed by atoms with Crippen molar-refractivity contribution in [1.29, 1.82) is 0 Å². The standard InChI is InChI=1S/C29H44N6O3S/c1-6-35(20(2)36)28(25(30)27(38)32-19-29(3,4)5)39-33-24-12-11-21-17-23(10-9-22(21)18-24)26(37)31-13-16-34-14-7-8-15-34/h9-12,17-18,25,28,33H,6-8,13-16,19,30H2,1-5H3,(H,31,37)(H,32,38)/t25-,28?/m1/s1. The van der Waals surface area contributed by atoms with Crippen molar-refractivity contribution >= 4 is 46.1 Å². The third-order valence-corrected chi connectivity index (χ3v) is 7.91. The molecule has 1 fully saturated rings. The van der Waals surface area contributed by atoms with Gasteiger partial charge in [0.25, 0.3) is 5.91 Å². The molecule has 0 spiro atoms. The number of carbonyl (C=O) groups is 3. The molecule has 2 aromatic carbocycles. The number of carbonyl (C=O) groups excluding carboxylic acids is 3. The number of likely N-dealkylation sites (N-methyl/N-ethyl adjacent to an activating group) is 1. The van der Waals surface area contributed by atoms with Crippen LogP contribution in [-0.2, 0) is 9.59 Å². The topological polar surface area (TPSA) is 120 Å². The Kier molecular flexibility index (Phi) is 11.0. The maximum absolute atomic E-state index is 12.8. The van der Waals surface area contributed by atoms with E-state index >= 15 is 0 Å². The van der Waals surface area contributed by atoms with E-state index in [0.29, 0.717) is 25.2 Å². The highest BCUT2D eigenvalue weighted by atomic mass is 32.2. The molecular weight excluding hydrogens is 512 g/mol. The molecule has 9 nitrogen and oxygen atoms in total. The summed E-state index contributed by atoms with van der Waals surface area (Å²) in [5.74, 6) is -0.520. The summed E-state index contributed by atoms with van der Waals surface area (Å²) >= 11 is 1.24. The van der Waals surface area contributed by atoms with Gasteiger partial charge in [0.05, 0.1) is 0 Å². The summed E-state index contributed by atoms with van der Waals surface area (Å²) in [6, 6.07) is 10.6. The van der Waals surface area contributed by atoms with Crippen molar-refractivity contribution in [2.75, 3.05) is 44.0 Å². The lowest BCUT2D eigenvalue weighted by Crippen LogP contribution is -2.56. The first-order valence-corrected chi connectivity index (χ1v) is 14.6. The molecule has 1 saturated heterocycles. The van der Waals surface area contributed by atoms with E-state index in [0.717, 1.165) is 36.1 Å². The molecule has 0 saturated carbocycles. The zero-order valence-corrected chi connectivity index (χ0v) is 24.7. The maximum atomic E-state index is 12.8. The fourth-order valence-corrected chi connectivity index (χ4v) is 5.61. The zero-order valence-electron chi connectivity index (χ0n) is 23.9. The summed E-state index contributed by atoms with van der Waals surface area (Å²) in [4.78, 5) is 41.8. The van der Waals surface area contributed by atoms with Crippen LogP contribution in [0.15, 0.2) is 36.4 Å². The number of nitrogens with zero attached hydrogens (tertiary/aromatic N) is 2. The van der Waals surface area contributed by atoms with E-state index in [1.807, 2.05) is 64.1 Å². The average molecular weight is 557 g/mol. The fraction of sp³-hybridized carbons (Fsp3) is 0.552. The van der Waals surface area contributed by atoms with Gasteiger partial charge in [0.1, 0.15) is 11.4 Å². The lowest BCUT2D eigenvalue weighted by Gasteiger charge is -2.33. The number of amides is 3. The van der Waals surface area contributed by atoms with Crippen molar-refractivity contribution in [3.05, 3.63) is 42.0 Å². The predicted molar refractivity (Wildman–Crippen MR) is 160 cm³/mol. The summed E-state index contributed by atoms with van der Waals surface area (Å²) in [6.45, 7) is 14.1. The Morgan fingerprint density at radius 3 is 2.36 bits per heavy atom. The van der Waals surface area contributed by atoms with Crippen LogP contribution in [-0.4, -0.2) is 78.2 Å². The summed E-state index contributed by atoms with van der Waals surface area (Å²) in [5, 5.41) is 7.25.